The van der Waals surface area contributed by atoms with Crippen LogP contribution in [0.25, 0.3) is 0 Å². The van der Waals surface area contributed by atoms with Crippen LogP contribution in [0, 0.1) is 12.7 Å². The van der Waals surface area contributed by atoms with E-state index >= 15 is 0 Å². The molecule has 0 spiro atoms. The Morgan fingerprint density at radius 2 is 2.11 bits per heavy atom. The maximum Gasteiger partial charge on any atom is 0.128 e. The van der Waals surface area contributed by atoms with Crippen molar-refractivity contribution < 1.29 is 4.39 Å². The van der Waals surface area contributed by atoms with Gasteiger partial charge in [-0.3, -0.25) is 0 Å². The minimum absolute atomic E-state index is 0.139. The van der Waals surface area contributed by atoms with Gasteiger partial charge >= 0.3 is 0 Å². The quantitative estimate of drug-likeness (QED) is 0.868. The van der Waals surface area contributed by atoms with E-state index in [1.165, 1.54) is 10.9 Å². The van der Waals surface area contributed by atoms with Gasteiger partial charge in [0, 0.05) is 15.5 Å². The third-order valence-electron chi connectivity index (χ3n) is 2.89. The van der Waals surface area contributed by atoms with Gasteiger partial charge in [0.1, 0.15) is 5.82 Å². The topological polar surface area (TPSA) is 12.0 Å². The lowest BCUT2D eigenvalue weighted by molar-refractivity contribution is 0.559. The molecule has 1 aromatic carbocycles. The Morgan fingerprint density at radius 3 is 2.72 bits per heavy atom. The molecule has 2 rings (SSSR count). The fraction of sp³-hybridized carbons (Fsp3) is 0.286. The molecule has 4 heteroatoms. The molecule has 0 aliphatic rings. The average molecular weight is 284 g/mol. The third-order valence-corrected chi connectivity index (χ3v) is 3.98. The Labute approximate surface area is 116 Å². The molecule has 96 valence electrons. The first-order chi connectivity index (χ1) is 8.63. The highest BCUT2D eigenvalue weighted by Crippen LogP contribution is 2.31. The van der Waals surface area contributed by atoms with E-state index in [0.29, 0.717) is 10.6 Å². The Hall–Kier alpha value is -0.900. The average Bonchev–Trinajstić information content (AvgIpc) is 2.76. The van der Waals surface area contributed by atoms with Gasteiger partial charge in [-0.25, -0.2) is 4.39 Å². The molecule has 2 aromatic rings. The summed E-state index contributed by atoms with van der Waals surface area (Å²) in [5.74, 6) is -0.226. The lowest BCUT2D eigenvalue weighted by Crippen LogP contribution is -2.23. The van der Waals surface area contributed by atoms with E-state index in [-0.39, 0.29) is 11.9 Å². The molecule has 1 atom stereocenters. The maximum absolute atomic E-state index is 14.0. The molecule has 1 N–H and O–H groups in total. The van der Waals surface area contributed by atoms with Crippen molar-refractivity contribution in [3.05, 3.63) is 56.5 Å². The van der Waals surface area contributed by atoms with Crippen molar-refractivity contribution in [1.82, 2.24) is 5.32 Å². The number of thiophene rings is 1. The number of hydrogen-bond acceptors (Lipinski definition) is 2. The Bertz CT molecular complexity index is 538. The first-order valence-electron chi connectivity index (χ1n) is 5.85. The zero-order valence-corrected chi connectivity index (χ0v) is 11.9. The van der Waals surface area contributed by atoms with Crippen molar-refractivity contribution in [2.75, 3.05) is 6.54 Å². The van der Waals surface area contributed by atoms with Gasteiger partial charge in [-0.05, 0) is 48.7 Å². The summed E-state index contributed by atoms with van der Waals surface area (Å²) >= 11 is 7.64. The molecule has 0 saturated carbocycles. The molecule has 0 amide bonds. The van der Waals surface area contributed by atoms with Gasteiger partial charge in [0.25, 0.3) is 0 Å². The summed E-state index contributed by atoms with van der Waals surface area (Å²) in [5.41, 5.74) is 1.72. The van der Waals surface area contributed by atoms with Crippen molar-refractivity contribution in [2.45, 2.75) is 19.9 Å². The molecule has 1 unspecified atom stereocenters. The highest BCUT2D eigenvalue weighted by Gasteiger charge is 2.19. The lowest BCUT2D eigenvalue weighted by Gasteiger charge is -2.19. The summed E-state index contributed by atoms with van der Waals surface area (Å²) in [5, 5.41) is 5.90. The molecule has 0 aliphatic heterocycles. The Balaban J connectivity index is 2.48. The molecule has 0 fully saturated rings. The number of aryl methyl sites for hydroxylation is 1. The van der Waals surface area contributed by atoms with E-state index in [1.54, 1.807) is 23.5 Å². The van der Waals surface area contributed by atoms with Gasteiger partial charge in [-0.1, -0.05) is 18.5 Å². The van der Waals surface area contributed by atoms with Crippen LogP contribution in [0.15, 0.2) is 29.6 Å². The van der Waals surface area contributed by atoms with E-state index in [4.69, 9.17) is 11.6 Å². The van der Waals surface area contributed by atoms with Crippen LogP contribution in [0.5, 0.6) is 0 Å². The van der Waals surface area contributed by atoms with Crippen molar-refractivity contribution in [3.8, 4) is 0 Å². The van der Waals surface area contributed by atoms with Crippen LogP contribution in [-0.2, 0) is 0 Å². The highest BCUT2D eigenvalue weighted by atomic mass is 35.5. The third kappa shape index (κ3) is 2.74. The van der Waals surface area contributed by atoms with Crippen LogP contribution in [0.1, 0.15) is 29.0 Å². The minimum atomic E-state index is -0.226. The Morgan fingerprint density at radius 1 is 1.33 bits per heavy atom. The summed E-state index contributed by atoms with van der Waals surface area (Å²) in [6, 6.07) is 6.59. The molecule has 1 heterocycles. The molecule has 1 nitrogen and oxygen atoms in total. The number of benzene rings is 1. The van der Waals surface area contributed by atoms with Crippen molar-refractivity contribution >= 4 is 22.9 Å². The molecule has 0 radical (unpaired) electrons. The maximum atomic E-state index is 14.0. The van der Waals surface area contributed by atoms with Gasteiger partial charge in [0.05, 0.1) is 6.04 Å². The molecule has 0 saturated heterocycles. The molecule has 1 aromatic heterocycles. The lowest BCUT2D eigenvalue weighted by atomic mass is 9.99. The van der Waals surface area contributed by atoms with E-state index in [1.807, 2.05) is 25.3 Å². The van der Waals surface area contributed by atoms with Crippen LogP contribution >= 0.6 is 22.9 Å². The molecule has 0 bridgehead atoms. The molecular formula is C14H15ClFNS. The summed E-state index contributed by atoms with van der Waals surface area (Å²) in [4.78, 5) is 1.19. The summed E-state index contributed by atoms with van der Waals surface area (Å²) in [6.45, 7) is 4.83. The number of halogens is 2. The van der Waals surface area contributed by atoms with E-state index in [0.717, 1.165) is 12.1 Å². The van der Waals surface area contributed by atoms with E-state index < -0.39 is 0 Å². The van der Waals surface area contributed by atoms with Gasteiger partial charge in [-0.2, -0.15) is 0 Å². The number of rotatable bonds is 4. The van der Waals surface area contributed by atoms with Crippen LogP contribution in [0.4, 0.5) is 4.39 Å². The van der Waals surface area contributed by atoms with Crippen molar-refractivity contribution in [3.63, 3.8) is 0 Å². The number of nitrogens with one attached hydrogen (secondary N) is 1. The summed E-state index contributed by atoms with van der Waals surface area (Å²) < 4.78 is 14.0. The fourth-order valence-corrected chi connectivity index (χ4v) is 2.94. The molecule has 18 heavy (non-hydrogen) atoms. The van der Waals surface area contributed by atoms with Gasteiger partial charge in [-0.15, -0.1) is 11.3 Å². The second-order valence-corrected chi connectivity index (χ2v) is 5.65. The minimum Gasteiger partial charge on any atom is -0.306 e. The smallest absolute Gasteiger partial charge is 0.128 e. The standard InChI is InChI=1S/C14H15ClFNS/c1-3-17-14(11-6-7-18-9(11)2)12-8-10(15)4-5-13(12)16/h4-8,14,17H,3H2,1-2H3. The monoisotopic (exact) mass is 283 g/mol. The fourth-order valence-electron chi connectivity index (χ4n) is 2.02. The summed E-state index contributed by atoms with van der Waals surface area (Å²) in [6.07, 6.45) is 0. The predicted octanol–water partition coefficient (Wildman–Crippen LogP) is 4.55. The second-order valence-electron chi connectivity index (χ2n) is 4.09. The zero-order chi connectivity index (χ0) is 13.1. The molecular weight excluding hydrogens is 269 g/mol. The first-order valence-corrected chi connectivity index (χ1v) is 7.11. The van der Waals surface area contributed by atoms with Crippen molar-refractivity contribution in [2.24, 2.45) is 0 Å². The SMILES string of the molecule is CCNC(c1cc(Cl)ccc1F)c1ccsc1C. The van der Waals surface area contributed by atoms with Crippen LogP contribution in [0.3, 0.4) is 0 Å². The summed E-state index contributed by atoms with van der Waals surface area (Å²) in [7, 11) is 0. The van der Waals surface area contributed by atoms with E-state index in [9.17, 15) is 4.39 Å². The number of hydrogen-bond donors (Lipinski definition) is 1. The van der Waals surface area contributed by atoms with Crippen molar-refractivity contribution in [1.29, 1.82) is 0 Å². The van der Waals surface area contributed by atoms with E-state index in [2.05, 4.69) is 5.32 Å². The van der Waals surface area contributed by atoms with Gasteiger partial charge in [0.15, 0.2) is 0 Å². The Kier molecular flexibility index (Phi) is 4.38. The highest BCUT2D eigenvalue weighted by molar-refractivity contribution is 7.10. The predicted molar refractivity (Wildman–Crippen MR) is 76.0 cm³/mol. The van der Waals surface area contributed by atoms with Crippen LogP contribution in [0.2, 0.25) is 5.02 Å². The second kappa shape index (κ2) is 5.83. The van der Waals surface area contributed by atoms with Crippen LogP contribution in [-0.4, -0.2) is 6.54 Å². The zero-order valence-electron chi connectivity index (χ0n) is 10.3. The van der Waals surface area contributed by atoms with Gasteiger partial charge in [0.2, 0.25) is 0 Å². The normalized spacial score (nSPS) is 12.7. The molecule has 0 aliphatic carbocycles. The largest absolute Gasteiger partial charge is 0.306 e. The first kappa shape index (κ1) is 13.5. The van der Waals surface area contributed by atoms with Gasteiger partial charge < -0.3 is 5.32 Å². The van der Waals surface area contributed by atoms with Crippen LogP contribution < -0.4 is 5.32 Å².